The number of benzene rings is 4. The van der Waals surface area contributed by atoms with Gasteiger partial charge in [-0.25, -0.2) is 19.9 Å². The van der Waals surface area contributed by atoms with E-state index in [4.69, 9.17) is 0 Å². The van der Waals surface area contributed by atoms with Crippen LogP contribution in [0.4, 0.5) is 34.6 Å². The van der Waals surface area contributed by atoms with Gasteiger partial charge in [0.15, 0.2) is 0 Å². The second kappa shape index (κ2) is 14.9. The van der Waals surface area contributed by atoms with Gasteiger partial charge in [0.1, 0.15) is 31.3 Å². The molecule has 8 aromatic rings. The van der Waals surface area contributed by atoms with E-state index >= 15 is 0 Å². The number of hydrogen-bond donors (Lipinski definition) is 0. The van der Waals surface area contributed by atoms with Crippen molar-refractivity contribution in [1.82, 2.24) is 19.9 Å². The summed E-state index contributed by atoms with van der Waals surface area (Å²) in [5.74, 6) is 3.30. The fourth-order valence-corrected chi connectivity index (χ4v) is 8.97. The van der Waals surface area contributed by atoms with Gasteiger partial charge in [0.2, 0.25) is 0 Å². The Morgan fingerprint density at radius 2 is 0.585 bits per heavy atom. The summed E-state index contributed by atoms with van der Waals surface area (Å²) in [5, 5.41) is 2.80. The van der Waals surface area contributed by atoms with Crippen LogP contribution in [-0.4, -0.2) is 28.0 Å². The maximum atomic E-state index is 4.60. The highest BCUT2D eigenvalue weighted by molar-refractivity contribution is 7.00. The number of aromatic nitrogens is 4. The average Bonchev–Trinajstić information content (AvgIpc) is 3.23. The molecule has 0 bridgehead atoms. The van der Waals surface area contributed by atoms with Gasteiger partial charge in [-0.3, -0.25) is 9.80 Å². The van der Waals surface area contributed by atoms with Crippen molar-refractivity contribution in [2.75, 3.05) is 9.80 Å². The molecule has 0 amide bonds. The van der Waals surface area contributed by atoms with Gasteiger partial charge < -0.3 is 0 Å². The third-order valence-electron chi connectivity index (χ3n) is 9.64. The summed E-state index contributed by atoms with van der Waals surface area (Å²) >= 11 is 0. The van der Waals surface area contributed by atoms with Gasteiger partial charge in [-0.05, 0) is 95.1 Å². The van der Waals surface area contributed by atoms with E-state index in [1.165, 1.54) is 32.6 Å². The van der Waals surface area contributed by atoms with E-state index in [1.54, 1.807) is 0 Å². The summed E-state index contributed by atoms with van der Waals surface area (Å²) in [4.78, 5) is 22.6. The SMILES string of the molecule is C[Si](C)(c1ccc(-c2ccc(N(c3ccccn3)c3ccccn3)cc2)cc1)c1ccc(-c2ccc(N(c3ccccn3)c3ccccn3)cc2)cc1. The number of nitrogens with zero attached hydrogens (tertiary/aromatic N) is 6. The molecule has 0 radical (unpaired) electrons. The van der Waals surface area contributed by atoms with E-state index in [1.807, 2.05) is 97.6 Å². The first-order valence-electron chi connectivity index (χ1n) is 17.7. The van der Waals surface area contributed by atoms with Crippen LogP contribution in [0, 0.1) is 0 Å². The molecule has 256 valence electrons. The zero-order valence-electron chi connectivity index (χ0n) is 29.7. The Balaban J connectivity index is 0.987. The average molecular weight is 703 g/mol. The molecule has 0 atom stereocenters. The molecule has 0 unspecified atom stereocenters. The van der Waals surface area contributed by atoms with E-state index in [-0.39, 0.29) is 0 Å². The Hall–Kier alpha value is -6.70. The van der Waals surface area contributed by atoms with Crippen molar-refractivity contribution in [2.45, 2.75) is 13.1 Å². The van der Waals surface area contributed by atoms with Crippen LogP contribution in [0.1, 0.15) is 0 Å². The van der Waals surface area contributed by atoms with Crippen LogP contribution in [0.2, 0.25) is 13.1 Å². The lowest BCUT2D eigenvalue weighted by Gasteiger charge is -2.25. The maximum absolute atomic E-state index is 4.60. The molecular formula is C46H38N6Si. The Morgan fingerprint density at radius 1 is 0.321 bits per heavy atom. The van der Waals surface area contributed by atoms with Gasteiger partial charge >= 0.3 is 0 Å². The number of anilines is 6. The molecule has 8 rings (SSSR count). The van der Waals surface area contributed by atoms with Crippen LogP contribution < -0.4 is 20.2 Å². The molecule has 4 aromatic heterocycles. The monoisotopic (exact) mass is 702 g/mol. The maximum Gasteiger partial charge on any atom is 0.138 e. The summed E-state index contributed by atoms with van der Waals surface area (Å²) in [6.45, 7) is 4.85. The zero-order chi connectivity index (χ0) is 36.0. The Bertz CT molecular complexity index is 2120. The summed E-state index contributed by atoms with van der Waals surface area (Å²) in [6, 6.07) is 59.2. The van der Waals surface area contributed by atoms with Gasteiger partial charge in [-0.15, -0.1) is 0 Å². The largest absolute Gasteiger partial charge is 0.279 e. The minimum absolute atomic E-state index is 0.825. The lowest BCUT2D eigenvalue weighted by molar-refractivity contribution is 1.12. The van der Waals surface area contributed by atoms with Crippen LogP contribution in [0.25, 0.3) is 22.3 Å². The summed E-state index contributed by atoms with van der Waals surface area (Å²) in [7, 11) is -1.94. The third-order valence-corrected chi connectivity index (χ3v) is 13.2. The molecule has 0 fully saturated rings. The van der Waals surface area contributed by atoms with E-state index in [9.17, 15) is 0 Å². The molecule has 0 aliphatic carbocycles. The van der Waals surface area contributed by atoms with Crippen molar-refractivity contribution in [3.05, 3.63) is 195 Å². The molecule has 4 aromatic carbocycles. The van der Waals surface area contributed by atoms with Crippen molar-refractivity contribution in [3.8, 4) is 22.3 Å². The number of rotatable bonds is 10. The first-order chi connectivity index (χ1) is 26.0. The van der Waals surface area contributed by atoms with Crippen molar-refractivity contribution in [3.63, 3.8) is 0 Å². The van der Waals surface area contributed by atoms with E-state index in [2.05, 4.69) is 140 Å². The molecule has 7 heteroatoms. The first kappa shape index (κ1) is 33.4. The Morgan fingerprint density at radius 3 is 0.830 bits per heavy atom. The van der Waals surface area contributed by atoms with Gasteiger partial charge in [0, 0.05) is 36.2 Å². The number of hydrogen-bond acceptors (Lipinski definition) is 6. The number of pyridine rings is 4. The van der Waals surface area contributed by atoms with Crippen LogP contribution in [0.15, 0.2) is 195 Å². The standard InChI is InChI=1S/C46H38N6Si/c1-53(2,41-27-19-37(20-28-41)35-15-23-39(24-16-35)51(43-11-3-7-31-47-43)44-12-4-8-32-48-44)42-29-21-38(22-30-42)36-17-25-40(26-18-36)52(45-13-5-9-33-49-45)46-14-6-10-34-50-46/h3-34H,1-2H3. The topological polar surface area (TPSA) is 58.0 Å². The van der Waals surface area contributed by atoms with E-state index in [0.29, 0.717) is 0 Å². The molecule has 0 spiro atoms. The second-order valence-corrected chi connectivity index (χ2v) is 17.7. The van der Waals surface area contributed by atoms with Crippen LogP contribution in [-0.2, 0) is 0 Å². The summed E-state index contributed by atoms with van der Waals surface area (Å²) < 4.78 is 0. The predicted molar refractivity (Wildman–Crippen MR) is 221 cm³/mol. The second-order valence-electron chi connectivity index (χ2n) is 13.3. The lowest BCUT2D eigenvalue weighted by atomic mass is 10.1. The molecule has 0 aliphatic heterocycles. The quantitative estimate of drug-likeness (QED) is 0.132. The van der Waals surface area contributed by atoms with Gasteiger partial charge in [0.05, 0.1) is 0 Å². The predicted octanol–water partition coefficient (Wildman–Crippen LogP) is 10.4. The smallest absolute Gasteiger partial charge is 0.138 e. The van der Waals surface area contributed by atoms with E-state index < -0.39 is 8.07 Å². The highest BCUT2D eigenvalue weighted by Crippen LogP contribution is 2.34. The Labute approximate surface area is 311 Å². The van der Waals surface area contributed by atoms with Crippen LogP contribution in [0.3, 0.4) is 0 Å². The highest BCUT2D eigenvalue weighted by atomic mass is 28.3. The summed E-state index contributed by atoms with van der Waals surface area (Å²) in [6.07, 6.45) is 7.23. The normalized spacial score (nSPS) is 11.2. The van der Waals surface area contributed by atoms with Crippen molar-refractivity contribution in [2.24, 2.45) is 0 Å². The van der Waals surface area contributed by atoms with Crippen LogP contribution in [0.5, 0.6) is 0 Å². The van der Waals surface area contributed by atoms with Gasteiger partial charge in [-0.2, -0.15) is 0 Å². The highest BCUT2D eigenvalue weighted by Gasteiger charge is 2.26. The molecular weight excluding hydrogens is 665 g/mol. The van der Waals surface area contributed by atoms with Crippen molar-refractivity contribution in [1.29, 1.82) is 0 Å². The van der Waals surface area contributed by atoms with Crippen molar-refractivity contribution < 1.29 is 0 Å². The van der Waals surface area contributed by atoms with Crippen LogP contribution >= 0.6 is 0 Å². The zero-order valence-corrected chi connectivity index (χ0v) is 30.7. The molecule has 0 N–H and O–H groups in total. The minimum atomic E-state index is -1.94. The third kappa shape index (κ3) is 7.11. The van der Waals surface area contributed by atoms with Gasteiger partial charge in [-0.1, -0.05) is 121 Å². The molecule has 4 heterocycles. The molecule has 0 saturated heterocycles. The summed E-state index contributed by atoms with van der Waals surface area (Å²) in [5.41, 5.74) is 6.73. The van der Waals surface area contributed by atoms with Crippen molar-refractivity contribution >= 4 is 53.1 Å². The van der Waals surface area contributed by atoms with Gasteiger partial charge in [0.25, 0.3) is 0 Å². The minimum Gasteiger partial charge on any atom is -0.279 e. The van der Waals surface area contributed by atoms with E-state index in [0.717, 1.165) is 34.6 Å². The molecule has 53 heavy (non-hydrogen) atoms. The molecule has 6 nitrogen and oxygen atoms in total. The first-order valence-corrected chi connectivity index (χ1v) is 20.7. The Kier molecular flexibility index (Phi) is 9.39. The fraction of sp³-hybridized carbons (Fsp3) is 0.0435. The molecule has 0 aliphatic rings. The molecule has 0 saturated carbocycles. The lowest BCUT2D eigenvalue weighted by Crippen LogP contribution is -2.52. The fourth-order valence-electron chi connectivity index (χ4n) is 6.64.